The first-order valence-corrected chi connectivity index (χ1v) is 14.0. The molecular formula is C22H19N5O5S3. The van der Waals surface area contributed by atoms with Gasteiger partial charge in [0.2, 0.25) is 17.7 Å². The molecule has 2 atom stereocenters. The van der Waals surface area contributed by atoms with Gasteiger partial charge in [-0.15, -0.1) is 21.5 Å². The van der Waals surface area contributed by atoms with Crippen LogP contribution in [-0.2, 0) is 21.1 Å². The fourth-order valence-electron chi connectivity index (χ4n) is 3.70. The number of nitrogens with two attached hydrogens (primary N) is 1. The Morgan fingerprint density at radius 2 is 1.89 bits per heavy atom. The number of thioether (sulfide) groups is 1. The van der Waals surface area contributed by atoms with E-state index in [1.807, 2.05) is 48.5 Å². The number of fused-ring (bicyclic) bond motifs is 1. The third-order valence-corrected chi connectivity index (χ3v) is 9.49. The lowest BCUT2D eigenvalue weighted by atomic mass is 10.1. The molecule has 1 fully saturated rings. The molecule has 0 radical (unpaired) electrons. The highest BCUT2D eigenvalue weighted by Gasteiger charge is 2.38. The minimum atomic E-state index is -3.83. The highest BCUT2D eigenvalue weighted by molar-refractivity contribution is 8.15. The molecule has 2 aromatic heterocycles. The average Bonchev–Trinajstić information content (AvgIpc) is 3.53. The number of thiazole rings is 1. The summed E-state index contributed by atoms with van der Waals surface area (Å²) in [5.74, 6) is -0.837. The van der Waals surface area contributed by atoms with Crippen LogP contribution in [0.25, 0.3) is 21.3 Å². The van der Waals surface area contributed by atoms with Gasteiger partial charge >= 0.3 is 0 Å². The second kappa shape index (κ2) is 9.49. The van der Waals surface area contributed by atoms with Gasteiger partial charge in [-0.05, 0) is 23.3 Å². The van der Waals surface area contributed by atoms with Gasteiger partial charge in [0.25, 0.3) is 5.24 Å². The van der Waals surface area contributed by atoms with E-state index >= 15 is 0 Å². The number of amides is 2. The molecule has 1 saturated heterocycles. The van der Waals surface area contributed by atoms with E-state index in [4.69, 9.17) is 10.2 Å². The monoisotopic (exact) mass is 529 g/mol. The molecule has 3 N–H and O–H groups in total. The summed E-state index contributed by atoms with van der Waals surface area (Å²) in [5, 5.41) is 7.91. The third kappa shape index (κ3) is 4.85. The van der Waals surface area contributed by atoms with Crippen molar-refractivity contribution < 1.29 is 22.4 Å². The second-order valence-electron chi connectivity index (χ2n) is 7.76. The van der Waals surface area contributed by atoms with E-state index in [0.717, 1.165) is 27.6 Å². The first kappa shape index (κ1) is 23.6. The van der Waals surface area contributed by atoms with Crippen molar-refractivity contribution in [2.45, 2.75) is 16.9 Å². The van der Waals surface area contributed by atoms with Gasteiger partial charge in [0.05, 0.1) is 16.0 Å². The van der Waals surface area contributed by atoms with E-state index in [1.54, 1.807) is 0 Å². The van der Waals surface area contributed by atoms with E-state index in [1.165, 1.54) is 11.3 Å². The van der Waals surface area contributed by atoms with Gasteiger partial charge in [-0.2, -0.15) is 0 Å². The Hall–Kier alpha value is -3.13. The van der Waals surface area contributed by atoms with Crippen LogP contribution in [0.5, 0.6) is 0 Å². The third-order valence-electron chi connectivity index (χ3n) is 5.33. The Kier molecular flexibility index (Phi) is 6.40. The predicted octanol–water partition coefficient (Wildman–Crippen LogP) is 2.70. The van der Waals surface area contributed by atoms with Gasteiger partial charge < -0.3 is 10.2 Å². The maximum atomic E-state index is 13.2. The van der Waals surface area contributed by atoms with Crippen LogP contribution in [0.3, 0.4) is 0 Å². The lowest BCUT2D eigenvalue weighted by molar-refractivity contribution is -0.119. The Morgan fingerprint density at radius 1 is 1.09 bits per heavy atom. The van der Waals surface area contributed by atoms with Crippen molar-refractivity contribution in [2.24, 2.45) is 5.73 Å². The summed E-state index contributed by atoms with van der Waals surface area (Å²) in [6, 6.07) is 15.6. The van der Waals surface area contributed by atoms with Crippen molar-refractivity contribution in [2.75, 3.05) is 12.3 Å². The molecule has 2 aromatic carbocycles. The van der Waals surface area contributed by atoms with Crippen LogP contribution in [0.2, 0.25) is 0 Å². The van der Waals surface area contributed by atoms with Crippen LogP contribution in [-0.4, -0.2) is 52.3 Å². The van der Waals surface area contributed by atoms with Gasteiger partial charge in [0, 0.05) is 13.0 Å². The Balaban J connectivity index is 1.51. The van der Waals surface area contributed by atoms with Gasteiger partial charge in [-0.25, -0.2) is 13.4 Å². The molecule has 180 valence electrons. The molecule has 0 aliphatic carbocycles. The van der Waals surface area contributed by atoms with Crippen molar-refractivity contribution >= 4 is 54.3 Å². The van der Waals surface area contributed by atoms with Crippen LogP contribution in [0.1, 0.15) is 22.0 Å². The largest absolute Gasteiger partial charge is 0.423 e. The van der Waals surface area contributed by atoms with Crippen molar-refractivity contribution in [3.63, 3.8) is 0 Å². The van der Waals surface area contributed by atoms with Gasteiger partial charge in [-0.3, -0.25) is 14.9 Å². The maximum Gasteiger partial charge on any atom is 0.286 e. The molecule has 1 aliphatic rings. The van der Waals surface area contributed by atoms with Crippen LogP contribution in [0, 0.1) is 0 Å². The molecule has 13 heteroatoms. The topological polar surface area (TPSA) is 158 Å². The number of nitrogens with one attached hydrogen (secondary N) is 1. The van der Waals surface area contributed by atoms with Gasteiger partial charge in [0.1, 0.15) is 10.3 Å². The highest BCUT2D eigenvalue weighted by Crippen LogP contribution is 2.37. The second-order valence-corrected chi connectivity index (χ2v) is 12.2. The van der Waals surface area contributed by atoms with E-state index in [9.17, 15) is 18.0 Å². The van der Waals surface area contributed by atoms with E-state index in [-0.39, 0.29) is 35.5 Å². The zero-order valence-corrected chi connectivity index (χ0v) is 20.5. The molecule has 10 nitrogen and oxygen atoms in total. The van der Waals surface area contributed by atoms with Crippen molar-refractivity contribution in [3.8, 4) is 11.1 Å². The molecule has 35 heavy (non-hydrogen) atoms. The molecule has 2 unspecified atom stereocenters. The summed E-state index contributed by atoms with van der Waals surface area (Å²) in [6.07, 6.45) is -0.000817. The fraction of sp³-hybridized carbons (Fsp3) is 0.227. The maximum absolute atomic E-state index is 13.2. The number of hydrogen-bond donors (Lipinski definition) is 2. The molecule has 2 amide bonds. The van der Waals surface area contributed by atoms with Crippen LogP contribution < -0.4 is 11.1 Å². The number of hydrogen-bond acceptors (Lipinski definition) is 11. The van der Waals surface area contributed by atoms with Gasteiger partial charge in [-0.1, -0.05) is 48.2 Å². The Labute approximate surface area is 208 Å². The number of rotatable bonds is 8. The zero-order chi connectivity index (χ0) is 24.6. The quantitative estimate of drug-likeness (QED) is 0.347. The lowest BCUT2D eigenvalue weighted by Gasteiger charge is -2.10. The number of imide groups is 1. The molecule has 5 rings (SSSR count). The van der Waals surface area contributed by atoms with E-state index in [2.05, 4.69) is 20.5 Å². The standard InChI is InChI=1S/C22H19N5O5S3/c23-8-9-35(30,31)18(20-27-26-17(32-20)11-16-19(28)25-22(29)34-16)21-24-14-7-6-13(10-15(14)33-21)12-4-2-1-3-5-12/h1-7,10,16,18H,8-9,11,23H2,(H,25,28,29). The minimum absolute atomic E-state index is 0.000817. The minimum Gasteiger partial charge on any atom is -0.423 e. The first-order valence-electron chi connectivity index (χ1n) is 10.6. The number of nitrogens with zero attached hydrogens (tertiary/aromatic N) is 3. The first-order chi connectivity index (χ1) is 16.8. The van der Waals surface area contributed by atoms with Crippen molar-refractivity contribution in [1.29, 1.82) is 0 Å². The number of aromatic nitrogens is 3. The van der Waals surface area contributed by atoms with E-state index < -0.39 is 31.5 Å². The lowest BCUT2D eigenvalue weighted by Crippen LogP contribution is -2.25. The van der Waals surface area contributed by atoms with Crippen LogP contribution in [0.15, 0.2) is 52.9 Å². The van der Waals surface area contributed by atoms with Gasteiger partial charge in [0.15, 0.2) is 15.1 Å². The summed E-state index contributed by atoms with van der Waals surface area (Å²) in [4.78, 5) is 27.9. The molecular weight excluding hydrogens is 510 g/mol. The molecule has 1 aliphatic heterocycles. The number of benzene rings is 2. The molecule has 4 aromatic rings. The number of carbonyl (C=O) groups is 2. The summed E-state index contributed by atoms with van der Waals surface area (Å²) in [6.45, 7) is -0.0795. The fourth-order valence-corrected chi connectivity index (χ4v) is 7.40. The van der Waals surface area contributed by atoms with E-state index in [0.29, 0.717) is 5.52 Å². The molecule has 0 spiro atoms. The van der Waals surface area contributed by atoms with Crippen molar-refractivity contribution in [1.82, 2.24) is 20.5 Å². The zero-order valence-electron chi connectivity index (χ0n) is 18.1. The summed E-state index contributed by atoms with van der Waals surface area (Å²) < 4.78 is 32.9. The average molecular weight is 530 g/mol. The number of carbonyl (C=O) groups excluding carboxylic acids is 2. The SMILES string of the molecule is NCCS(=O)(=O)C(c1nnc(CC2SC(=O)NC2=O)o1)c1nc2ccc(-c3ccccc3)cc2s1. The van der Waals surface area contributed by atoms with Crippen molar-refractivity contribution in [3.05, 3.63) is 65.3 Å². The summed E-state index contributed by atoms with van der Waals surface area (Å²) >= 11 is 2.06. The highest BCUT2D eigenvalue weighted by atomic mass is 32.2. The molecule has 0 bridgehead atoms. The number of sulfone groups is 1. The Bertz CT molecular complexity index is 1520. The van der Waals surface area contributed by atoms with Crippen LogP contribution >= 0.6 is 23.1 Å². The smallest absolute Gasteiger partial charge is 0.286 e. The van der Waals surface area contributed by atoms with Crippen LogP contribution in [0.4, 0.5) is 4.79 Å². The summed E-state index contributed by atoms with van der Waals surface area (Å²) in [5.41, 5.74) is 8.23. The Morgan fingerprint density at radius 3 is 2.60 bits per heavy atom. The molecule has 0 saturated carbocycles. The summed E-state index contributed by atoms with van der Waals surface area (Å²) in [7, 11) is -3.83. The normalized spacial score (nSPS) is 17.1. The predicted molar refractivity (Wildman–Crippen MR) is 133 cm³/mol. The molecule has 3 heterocycles.